The Kier molecular flexibility index (Phi) is 6.77. The monoisotopic (exact) mass is 498 g/mol. The molecular formula is C24H23FN4O3S2. The first-order valence-electron chi connectivity index (χ1n) is 11.1. The van der Waals surface area contributed by atoms with Crippen molar-refractivity contribution in [1.82, 2.24) is 20.1 Å². The van der Waals surface area contributed by atoms with Gasteiger partial charge in [0, 0.05) is 19.0 Å². The summed E-state index contributed by atoms with van der Waals surface area (Å²) in [6.45, 7) is 3.21. The molecule has 0 aliphatic carbocycles. The van der Waals surface area contributed by atoms with Gasteiger partial charge in [0.25, 0.3) is 11.1 Å². The molecule has 1 amide bonds. The number of hydrogen-bond donors (Lipinski definition) is 0. The number of amides is 1. The first-order chi connectivity index (χ1) is 16.5. The highest BCUT2D eigenvalue weighted by molar-refractivity contribution is 7.99. The van der Waals surface area contributed by atoms with E-state index in [1.165, 1.54) is 40.7 Å². The summed E-state index contributed by atoms with van der Waals surface area (Å²) < 4.78 is 25.6. The summed E-state index contributed by atoms with van der Waals surface area (Å²) in [6.07, 6.45) is 1.34. The molecular weight excluding hydrogens is 475 g/mol. The molecule has 0 spiro atoms. The number of benzene rings is 2. The van der Waals surface area contributed by atoms with E-state index < -0.39 is 6.10 Å². The maximum atomic E-state index is 13.0. The molecule has 4 aromatic rings. The quantitative estimate of drug-likeness (QED) is 0.313. The molecule has 1 unspecified atom stereocenters. The normalized spacial score (nSPS) is 15.5. The van der Waals surface area contributed by atoms with E-state index in [0.29, 0.717) is 22.8 Å². The molecule has 1 saturated heterocycles. The minimum absolute atomic E-state index is 0.0584. The van der Waals surface area contributed by atoms with Crippen LogP contribution in [0.2, 0.25) is 0 Å². The Morgan fingerprint density at radius 2 is 1.97 bits per heavy atom. The lowest BCUT2D eigenvalue weighted by Crippen LogP contribution is -2.38. The maximum Gasteiger partial charge on any atom is 0.277 e. The van der Waals surface area contributed by atoms with Crippen LogP contribution in [0.15, 0.2) is 58.2 Å². The van der Waals surface area contributed by atoms with Crippen LogP contribution >= 0.6 is 23.1 Å². The van der Waals surface area contributed by atoms with Gasteiger partial charge in [0.15, 0.2) is 6.10 Å². The molecule has 176 valence electrons. The summed E-state index contributed by atoms with van der Waals surface area (Å²) in [5.41, 5.74) is 1.05. The van der Waals surface area contributed by atoms with Crippen LogP contribution in [0.4, 0.5) is 4.39 Å². The standard InChI is InChI=1S/C24H23FN4O3S2/c1-15(31-18-8-6-17(25)7-9-18)22-27-28-24(32-22)33-14-21(30)29-12-10-16(11-13-29)23-26-19-4-2-3-5-20(19)34-23/h2-9,15-16H,10-14H2,1H3. The van der Waals surface area contributed by atoms with Crippen LogP contribution in [-0.2, 0) is 4.79 Å². The number of carbonyl (C=O) groups excluding carboxylic acids is 1. The number of aromatic nitrogens is 3. The topological polar surface area (TPSA) is 81.4 Å². The lowest BCUT2D eigenvalue weighted by molar-refractivity contribution is -0.129. The number of fused-ring (bicyclic) bond motifs is 1. The molecule has 1 aliphatic heterocycles. The molecule has 34 heavy (non-hydrogen) atoms. The molecule has 0 radical (unpaired) electrons. The second-order valence-corrected chi connectivity index (χ2v) is 10.1. The third kappa shape index (κ3) is 5.23. The van der Waals surface area contributed by atoms with Crippen LogP contribution in [0, 0.1) is 5.82 Å². The smallest absolute Gasteiger partial charge is 0.277 e. The summed E-state index contributed by atoms with van der Waals surface area (Å²) >= 11 is 2.98. The van der Waals surface area contributed by atoms with Crippen molar-refractivity contribution in [2.45, 2.75) is 37.0 Å². The number of nitrogens with zero attached hydrogens (tertiary/aromatic N) is 4. The van der Waals surface area contributed by atoms with Gasteiger partial charge in [-0.1, -0.05) is 23.9 Å². The van der Waals surface area contributed by atoms with Crippen molar-refractivity contribution >= 4 is 39.2 Å². The Morgan fingerprint density at radius 1 is 1.21 bits per heavy atom. The number of hydrogen-bond acceptors (Lipinski definition) is 8. The van der Waals surface area contributed by atoms with Crippen LogP contribution in [0.25, 0.3) is 10.2 Å². The van der Waals surface area contributed by atoms with E-state index in [9.17, 15) is 9.18 Å². The summed E-state index contributed by atoms with van der Waals surface area (Å²) in [6, 6.07) is 13.9. The molecule has 5 rings (SSSR count). The number of piperidine rings is 1. The molecule has 7 nitrogen and oxygen atoms in total. The van der Waals surface area contributed by atoms with E-state index in [4.69, 9.17) is 14.1 Å². The van der Waals surface area contributed by atoms with Gasteiger partial charge in [-0.05, 0) is 56.2 Å². The minimum Gasteiger partial charge on any atom is -0.481 e. The average molecular weight is 499 g/mol. The maximum absolute atomic E-state index is 13.0. The van der Waals surface area contributed by atoms with Gasteiger partial charge in [-0.2, -0.15) is 0 Å². The zero-order valence-corrected chi connectivity index (χ0v) is 20.2. The van der Waals surface area contributed by atoms with Crippen LogP contribution < -0.4 is 4.74 Å². The van der Waals surface area contributed by atoms with Crippen LogP contribution in [-0.4, -0.2) is 44.8 Å². The van der Waals surface area contributed by atoms with Gasteiger partial charge in [-0.15, -0.1) is 21.5 Å². The van der Waals surface area contributed by atoms with Gasteiger partial charge in [0.2, 0.25) is 5.91 Å². The second-order valence-electron chi connectivity index (χ2n) is 8.08. The van der Waals surface area contributed by atoms with Gasteiger partial charge in [-0.3, -0.25) is 4.79 Å². The lowest BCUT2D eigenvalue weighted by atomic mass is 9.97. The van der Waals surface area contributed by atoms with Crippen molar-refractivity contribution in [3.05, 3.63) is 65.2 Å². The SMILES string of the molecule is CC(Oc1ccc(F)cc1)c1nnc(SCC(=O)N2CCC(c3nc4ccccc4s3)CC2)o1. The second kappa shape index (κ2) is 10.1. The lowest BCUT2D eigenvalue weighted by Gasteiger charge is -2.31. The Labute approximate surface area is 204 Å². The highest BCUT2D eigenvalue weighted by Gasteiger charge is 2.26. The number of para-hydroxylation sites is 1. The molecule has 10 heteroatoms. The highest BCUT2D eigenvalue weighted by Crippen LogP contribution is 2.34. The fourth-order valence-corrected chi connectivity index (χ4v) is 5.67. The van der Waals surface area contributed by atoms with Gasteiger partial charge in [0.05, 0.1) is 21.0 Å². The Bertz CT molecular complexity index is 1240. The van der Waals surface area contributed by atoms with E-state index in [2.05, 4.69) is 16.3 Å². The first kappa shape index (κ1) is 22.8. The molecule has 0 N–H and O–H groups in total. The first-order valence-corrected chi connectivity index (χ1v) is 12.9. The van der Waals surface area contributed by atoms with Crippen molar-refractivity contribution in [2.75, 3.05) is 18.8 Å². The largest absolute Gasteiger partial charge is 0.481 e. The van der Waals surface area contributed by atoms with Crippen LogP contribution in [0.1, 0.15) is 42.7 Å². The van der Waals surface area contributed by atoms with Gasteiger partial charge in [0.1, 0.15) is 11.6 Å². The Balaban J connectivity index is 1.10. The van der Waals surface area contributed by atoms with E-state index in [0.717, 1.165) is 36.5 Å². The summed E-state index contributed by atoms with van der Waals surface area (Å²) in [5.74, 6) is 1.17. The molecule has 1 fully saturated rings. The van der Waals surface area contributed by atoms with E-state index in [1.807, 2.05) is 23.1 Å². The number of thiazole rings is 1. The molecule has 0 saturated carbocycles. The van der Waals surface area contributed by atoms with Crippen molar-refractivity contribution in [3.8, 4) is 5.75 Å². The predicted octanol–water partition coefficient (Wildman–Crippen LogP) is 5.46. The van der Waals surface area contributed by atoms with Crippen molar-refractivity contribution in [1.29, 1.82) is 0 Å². The molecule has 1 aliphatic rings. The zero-order chi connectivity index (χ0) is 23.5. The third-order valence-corrected chi connectivity index (χ3v) is 7.72. The van der Waals surface area contributed by atoms with E-state index in [-0.39, 0.29) is 17.5 Å². The van der Waals surface area contributed by atoms with Crippen LogP contribution in [0.3, 0.4) is 0 Å². The molecule has 0 bridgehead atoms. The van der Waals surface area contributed by atoms with Crippen molar-refractivity contribution < 1.29 is 18.3 Å². The van der Waals surface area contributed by atoms with E-state index in [1.54, 1.807) is 18.3 Å². The van der Waals surface area contributed by atoms with Gasteiger partial charge >= 0.3 is 0 Å². The summed E-state index contributed by atoms with van der Waals surface area (Å²) in [4.78, 5) is 19.4. The minimum atomic E-state index is -0.496. The molecule has 1 atom stereocenters. The van der Waals surface area contributed by atoms with E-state index >= 15 is 0 Å². The number of likely N-dealkylation sites (tertiary alicyclic amines) is 1. The molecule has 2 aromatic carbocycles. The summed E-state index contributed by atoms with van der Waals surface area (Å²) in [7, 11) is 0. The molecule has 2 aromatic heterocycles. The number of thioether (sulfide) groups is 1. The fourth-order valence-electron chi connectivity index (χ4n) is 3.87. The van der Waals surface area contributed by atoms with Gasteiger partial charge in [-0.25, -0.2) is 9.37 Å². The van der Waals surface area contributed by atoms with Crippen LogP contribution in [0.5, 0.6) is 5.75 Å². The highest BCUT2D eigenvalue weighted by atomic mass is 32.2. The summed E-state index contributed by atoms with van der Waals surface area (Å²) in [5, 5.41) is 9.51. The van der Waals surface area contributed by atoms with Crippen molar-refractivity contribution in [3.63, 3.8) is 0 Å². The Hall–Kier alpha value is -2.98. The number of carbonyl (C=O) groups is 1. The fraction of sp³-hybridized carbons (Fsp3) is 0.333. The average Bonchev–Trinajstić information content (AvgIpc) is 3.51. The number of rotatable bonds is 7. The molecule has 3 heterocycles. The Morgan fingerprint density at radius 3 is 2.74 bits per heavy atom. The number of halogens is 1. The number of ether oxygens (including phenoxy) is 1. The van der Waals surface area contributed by atoms with Gasteiger partial charge < -0.3 is 14.1 Å². The zero-order valence-electron chi connectivity index (χ0n) is 18.5. The van der Waals surface area contributed by atoms with Crippen molar-refractivity contribution in [2.24, 2.45) is 0 Å². The third-order valence-electron chi connectivity index (χ3n) is 5.72. The predicted molar refractivity (Wildman–Crippen MR) is 129 cm³/mol.